The summed E-state index contributed by atoms with van der Waals surface area (Å²) in [7, 11) is 1.56. The molecule has 19 heavy (non-hydrogen) atoms. The molecule has 5 nitrogen and oxygen atoms in total. The minimum atomic E-state index is -0.544. The molecule has 0 aliphatic rings. The first-order valence-electron chi connectivity index (χ1n) is 6.42. The lowest BCUT2D eigenvalue weighted by Gasteiger charge is -2.17. The Morgan fingerprint density at radius 1 is 1.26 bits per heavy atom. The summed E-state index contributed by atoms with van der Waals surface area (Å²) in [5.74, 6) is -0.333. The molecular weight excluding hydrogens is 242 g/mol. The van der Waals surface area contributed by atoms with E-state index in [4.69, 9.17) is 5.73 Å². The second-order valence-corrected chi connectivity index (χ2v) is 4.32. The fourth-order valence-electron chi connectivity index (χ4n) is 1.76. The van der Waals surface area contributed by atoms with Crippen molar-refractivity contribution in [1.82, 2.24) is 10.6 Å². The predicted octanol–water partition coefficient (Wildman–Crippen LogP) is 0.199. The van der Waals surface area contributed by atoms with E-state index in [-0.39, 0.29) is 11.8 Å². The van der Waals surface area contributed by atoms with Crippen LogP contribution in [0.4, 0.5) is 0 Å². The number of likely N-dealkylation sites (N-methyl/N-ethyl adjacent to an activating group) is 1. The molecule has 0 fully saturated rings. The summed E-state index contributed by atoms with van der Waals surface area (Å²) in [5.41, 5.74) is 6.37. The van der Waals surface area contributed by atoms with E-state index in [1.807, 2.05) is 30.3 Å². The van der Waals surface area contributed by atoms with Crippen LogP contribution < -0.4 is 16.4 Å². The summed E-state index contributed by atoms with van der Waals surface area (Å²) in [4.78, 5) is 23.5. The normalized spacial score (nSPS) is 11.7. The molecule has 0 heterocycles. The average Bonchev–Trinajstić information content (AvgIpc) is 2.44. The van der Waals surface area contributed by atoms with Gasteiger partial charge in [0.15, 0.2) is 0 Å². The maximum absolute atomic E-state index is 11.8. The van der Waals surface area contributed by atoms with Gasteiger partial charge < -0.3 is 16.4 Å². The lowest BCUT2D eigenvalue weighted by Crippen LogP contribution is -2.47. The minimum Gasteiger partial charge on any atom is -0.357 e. The van der Waals surface area contributed by atoms with E-state index in [2.05, 4.69) is 10.6 Å². The lowest BCUT2D eigenvalue weighted by molar-refractivity contribution is -0.128. The van der Waals surface area contributed by atoms with Crippen LogP contribution >= 0.6 is 0 Å². The maximum atomic E-state index is 11.8. The molecule has 0 aliphatic heterocycles. The maximum Gasteiger partial charge on any atom is 0.242 e. The highest BCUT2D eigenvalue weighted by Crippen LogP contribution is 2.04. The van der Waals surface area contributed by atoms with Crippen molar-refractivity contribution in [3.05, 3.63) is 35.9 Å². The van der Waals surface area contributed by atoms with Crippen molar-refractivity contribution >= 4 is 11.8 Å². The van der Waals surface area contributed by atoms with E-state index in [9.17, 15) is 9.59 Å². The van der Waals surface area contributed by atoms with Crippen LogP contribution in [0.15, 0.2) is 30.3 Å². The molecular formula is C14H21N3O2. The van der Waals surface area contributed by atoms with Crippen LogP contribution in [0, 0.1) is 0 Å². The third-order valence-corrected chi connectivity index (χ3v) is 2.79. The van der Waals surface area contributed by atoms with Gasteiger partial charge in [-0.25, -0.2) is 0 Å². The van der Waals surface area contributed by atoms with Gasteiger partial charge in [0.25, 0.3) is 0 Å². The Labute approximate surface area is 113 Å². The smallest absolute Gasteiger partial charge is 0.242 e. The Morgan fingerprint density at radius 2 is 1.95 bits per heavy atom. The Kier molecular flexibility index (Phi) is 6.60. The third kappa shape index (κ3) is 5.52. The minimum absolute atomic E-state index is 0.144. The molecule has 1 aromatic carbocycles. The molecule has 4 N–H and O–H groups in total. The van der Waals surface area contributed by atoms with Crippen molar-refractivity contribution < 1.29 is 9.59 Å². The molecule has 1 aromatic rings. The summed E-state index contributed by atoms with van der Waals surface area (Å²) < 4.78 is 0. The Morgan fingerprint density at radius 3 is 2.53 bits per heavy atom. The molecule has 0 bridgehead atoms. The molecule has 104 valence electrons. The van der Waals surface area contributed by atoms with Gasteiger partial charge in [-0.1, -0.05) is 30.3 Å². The largest absolute Gasteiger partial charge is 0.357 e. The summed E-state index contributed by atoms with van der Waals surface area (Å²) in [6.45, 7) is 0.469. The number of carbonyl (C=O) groups excluding carboxylic acids is 2. The summed E-state index contributed by atoms with van der Waals surface area (Å²) in [6, 6.07) is 9.05. The number of hydrogen-bond donors (Lipinski definition) is 3. The Hall–Kier alpha value is -1.88. The monoisotopic (exact) mass is 263 g/mol. The van der Waals surface area contributed by atoms with Gasteiger partial charge in [-0.15, -0.1) is 0 Å². The molecule has 0 radical (unpaired) electrons. The quantitative estimate of drug-likeness (QED) is 0.657. The van der Waals surface area contributed by atoms with Gasteiger partial charge in [-0.3, -0.25) is 9.59 Å². The zero-order valence-corrected chi connectivity index (χ0v) is 11.2. The highest BCUT2D eigenvalue weighted by atomic mass is 16.2. The van der Waals surface area contributed by atoms with E-state index in [1.54, 1.807) is 7.05 Å². The number of benzene rings is 1. The fourth-order valence-corrected chi connectivity index (χ4v) is 1.76. The van der Waals surface area contributed by atoms with Gasteiger partial charge in [0, 0.05) is 19.9 Å². The zero-order chi connectivity index (χ0) is 14.1. The van der Waals surface area contributed by atoms with E-state index >= 15 is 0 Å². The summed E-state index contributed by atoms with van der Waals surface area (Å²) in [6.07, 6.45) is 1.45. The van der Waals surface area contributed by atoms with Crippen LogP contribution in [0.1, 0.15) is 18.4 Å². The molecule has 0 aliphatic carbocycles. The van der Waals surface area contributed by atoms with E-state index in [0.29, 0.717) is 25.8 Å². The van der Waals surface area contributed by atoms with Gasteiger partial charge >= 0.3 is 0 Å². The summed E-state index contributed by atoms with van der Waals surface area (Å²) >= 11 is 0. The van der Waals surface area contributed by atoms with Crippen LogP contribution in [-0.2, 0) is 16.0 Å². The van der Waals surface area contributed by atoms with Crippen molar-refractivity contribution in [3.63, 3.8) is 0 Å². The van der Waals surface area contributed by atoms with E-state index in [0.717, 1.165) is 5.56 Å². The van der Waals surface area contributed by atoms with Crippen molar-refractivity contribution in [2.24, 2.45) is 5.73 Å². The highest BCUT2D eigenvalue weighted by molar-refractivity contribution is 5.87. The molecule has 5 heteroatoms. The Bertz CT molecular complexity index is 406. The van der Waals surface area contributed by atoms with Gasteiger partial charge in [-0.2, -0.15) is 0 Å². The first-order valence-corrected chi connectivity index (χ1v) is 6.42. The SMILES string of the molecule is CNC(=O)C(Cc1ccccc1)NC(=O)CCCN. The first-order chi connectivity index (χ1) is 9.17. The number of amides is 2. The molecule has 1 atom stereocenters. The van der Waals surface area contributed by atoms with E-state index in [1.165, 1.54) is 0 Å². The third-order valence-electron chi connectivity index (χ3n) is 2.79. The number of carbonyl (C=O) groups is 2. The van der Waals surface area contributed by atoms with Crippen molar-refractivity contribution in [2.45, 2.75) is 25.3 Å². The summed E-state index contributed by atoms with van der Waals surface area (Å²) in [5, 5.41) is 5.31. The molecule has 1 rings (SSSR count). The van der Waals surface area contributed by atoms with Crippen molar-refractivity contribution in [1.29, 1.82) is 0 Å². The van der Waals surface area contributed by atoms with Gasteiger partial charge in [0.2, 0.25) is 11.8 Å². The Balaban J connectivity index is 2.62. The highest BCUT2D eigenvalue weighted by Gasteiger charge is 2.19. The standard InChI is InChI=1S/C14H21N3O2/c1-16-14(19)12(17-13(18)8-5-9-15)10-11-6-3-2-4-7-11/h2-4,6-7,12H,5,8-10,15H2,1H3,(H,16,19)(H,17,18). The van der Waals surface area contributed by atoms with Gasteiger partial charge in [-0.05, 0) is 18.5 Å². The van der Waals surface area contributed by atoms with E-state index < -0.39 is 6.04 Å². The second kappa shape index (κ2) is 8.26. The van der Waals surface area contributed by atoms with Gasteiger partial charge in [0.1, 0.15) is 6.04 Å². The number of nitrogens with one attached hydrogen (secondary N) is 2. The zero-order valence-electron chi connectivity index (χ0n) is 11.2. The van der Waals surface area contributed by atoms with Crippen LogP contribution in [0.2, 0.25) is 0 Å². The second-order valence-electron chi connectivity index (χ2n) is 4.32. The number of hydrogen-bond acceptors (Lipinski definition) is 3. The number of nitrogens with two attached hydrogens (primary N) is 1. The number of rotatable bonds is 7. The lowest BCUT2D eigenvalue weighted by atomic mass is 10.1. The molecule has 0 saturated carbocycles. The first kappa shape index (κ1) is 15.2. The molecule has 0 saturated heterocycles. The van der Waals surface area contributed by atoms with Crippen LogP contribution in [0.5, 0.6) is 0 Å². The predicted molar refractivity (Wildman–Crippen MR) is 74.4 cm³/mol. The molecule has 2 amide bonds. The molecule has 0 spiro atoms. The van der Waals surface area contributed by atoms with Crippen molar-refractivity contribution in [3.8, 4) is 0 Å². The fraction of sp³-hybridized carbons (Fsp3) is 0.429. The average molecular weight is 263 g/mol. The van der Waals surface area contributed by atoms with Crippen LogP contribution in [0.25, 0.3) is 0 Å². The molecule has 1 unspecified atom stereocenters. The van der Waals surface area contributed by atoms with Crippen molar-refractivity contribution in [2.75, 3.05) is 13.6 Å². The van der Waals surface area contributed by atoms with Crippen LogP contribution in [0.3, 0.4) is 0 Å². The molecule has 0 aromatic heterocycles. The van der Waals surface area contributed by atoms with Gasteiger partial charge in [0.05, 0.1) is 0 Å². The van der Waals surface area contributed by atoms with Crippen LogP contribution in [-0.4, -0.2) is 31.4 Å². The topological polar surface area (TPSA) is 84.2 Å².